The monoisotopic (exact) mass is 338 g/mol. The molecule has 1 amide bonds. The third-order valence-electron chi connectivity index (χ3n) is 5.59. The Morgan fingerprint density at radius 3 is 2.88 bits per heavy atom. The van der Waals surface area contributed by atoms with Crippen LogP contribution in [0.3, 0.4) is 0 Å². The van der Waals surface area contributed by atoms with Crippen molar-refractivity contribution in [3.05, 3.63) is 41.7 Å². The average molecular weight is 338 g/mol. The van der Waals surface area contributed by atoms with Crippen LogP contribution >= 0.6 is 0 Å². The molecule has 25 heavy (non-hydrogen) atoms. The Hall–Kier alpha value is -2.28. The van der Waals surface area contributed by atoms with Crippen molar-refractivity contribution < 1.29 is 4.79 Å². The smallest absolute Gasteiger partial charge is 0.289 e. The molecule has 1 aliphatic carbocycles. The van der Waals surface area contributed by atoms with Gasteiger partial charge >= 0.3 is 0 Å². The van der Waals surface area contributed by atoms with Crippen molar-refractivity contribution in [3.8, 4) is 0 Å². The summed E-state index contributed by atoms with van der Waals surface area (Å²) >= 11 is 0. The molecule has 1 N–H and O–H groups in total. The maximum atomic E-state index is 12.4. The van der Waals surface area contributed by atoms with Gasteiger partial charge in [-0.25, -0.2) is 0 Å². The molecule has 7 heteroatoms. The Morgan fingerprint density at radius 1 is 1.20 bits per heavy atom. The van der Waals surface area contributed by atoms with Gasteiger partial charge in [0.25, 0.3) is 5.91 Å². The normalized spacial score (nSPS) is 25.4. The minimum atomic E-state index is -0.0649. The number of hydrogen-bond acceptors (Lipinski definition) is 5. The van der Waals surface area contributed by atoms with E-state index in [1.54, 1.807) is 0 Å². The van der Waals surface area contributed by atoms with E-state index in [1.807, 2.05) is 23.0 Å². The van der Waals surface area contributed by atoms with E-state index in [-0.39, 0.29) is 5.91 Å². The molecular formula is C18H22N6O. The van der Waals surface area contributed by atoms with Crippen molar-refractivity contribution in [3.63, 3.8) is 0 Å². The number of nitrogens with one attached hydrogen (secondary N) is 1. The highest BCUT2D eigenvalue weighted by Gasteiger charge is 2.39. The molecule has 0 spiro atoms. The van der Waals surface area contributed by atoms with Gasteiger partial charge in [0, 0.05) is 51.0 Å². The van der Waals surface area contributed by atoms with Gasteiger partial charge in [0.1, 0.15) is 5.82 Å². The van der Waals surface area contributed by atoms with Gasteiger partial charge in [0.15, 0.2) is 0 Å². The van der Waals surface area contributed by atoms with E-state index in [0.29, 0.717) is 23.7 Å². The first-order valence-corrected chi connectivity index (χ1v) is 9.10. The first-order chi connectivity index (χ1) is 12.3. The summed E-state index contributed by atoms with van der Waals surface area (Å²) < 4.78 is 2.05. The number of carbonyl (C=O) groups excluding carboxylic acids is 1. The van der Waals surface area contributed by atoms with Crippen LogP contribution in [0.1, 0.15) is 34.8 Å². The molecule has 0 unspecified atom stereocenters. The van der Waals surface area contributed by atoms with Gasteiger partial charge in [-0.05, 0) is 36.3 Å². The standard InChI is InChI=1S/C18H22N6O/c25-18(20-15-3-4-15)17-22-21-16-6-13-9-23(10-14(13)11-24(16)17)8-12-2-1-5-19-7-12/h1-2,5,7,13-15H,3-4,6,8-11H2,(H,20,25)/t13-,14-/m1/s1. The van der Waals surface area contributed by atoms with E-state index in [1.165, 1.54) is 5.56 Å². The molecule has 0 bridgehead atoms. The maximum absolute atomic E-state index is 12.4. The fourth-order valence-corrected chi connectivity index (χ4v) is 4.15. The van der Waals surface area contributed by atoms with Crippen molar-refractivity contribution in [1.82, 2.24) is 30.0 Å². The first kappa shape index (κ1) is 15.0. The lowest BCUT2D eigenvalue weighted by Crippen LogP contribution is -2.33. The Morgan fingerprint density at radius 2 is 2.08 bits per heavy atom. The van der Waals surface area contributed by atoms with Gasteiger partial charge in [-0.3, -0.25) is 14.7 Å². The Kier molecular flexibility index (Phi) is 3.55. The van der Waals surface area contributed by atoms with E-state index in [2.05, 4.69) is 31.5 Å². The molecule has 130 valence electrons. The Balaban J connectivity index is 1.28. The van der Waals surface area contributed by atoms with Crippen molar-refractivity contribution in [2.75, 3.05) is 13.1 Å². The molecule has 1 saturated carbocycles. The van der Waals surface area contributed by atoms with E-state index >= 15 is 0 Å². The van der Waals surface area contributed by atoms with Crippen LogP contribution in [-0.2, 0) is 19.5 Å². The van der Waals surface area contributed by atoms with Crippen LogP contribution in [0.25, 0.3) is 0 Å². The highest BCUT2D eigenvalue weighted by Crippen LogP contribution is 2.33. The van der Waals surface area contributed by atoms with Gasteiger partial charge < -0.3 is 9.88 Å². The summed E-state index contributed by atoms with van der Waals surface area (Å²) in [5, 5.41) is 11.5. The molecular weight excluding hydrogens is 316 g/mol. The van der Waals surface area contributed by atoms with Crippen molar-refractivity contribution in [2.24, 2.45) is 11.8 Å². The first-order valence-electron chi connectivity index (χ1n) is 9.10. The summed E-state index contributed by atoms with van der Waals surface area (Å²) in [6.45, 7) is 3.93. The van der Waals surface area contributed by atoms with Crippen LogP contribution < -0.4 is 5.32 Å². The summed E-state index contributed by atoms with van der Waals surface area (Å²) in [4.78, 5) is 19.1. The number of fused-ring (bicyclic) bond motifs is 2. The number of amides is 1. The minimum absolute atomic E-state index is 0.0649. The van der Waals surface area contributed by atoms with Crippen LogP contribution in [0.2, 0.25) is 0 Å². The van der Waals surface area contributed by atoms with Gasteiger partial charge in [0.05, 0.1) is 0 Å². The summed E-state index contributed by atoms with van der Waals surface area (Å²) in [6.07, 6.45) is 6.84. The lowest BCUT2D eigenvalue weighted by atomic mass is 9.89. The summed E-state index contributed by atoms with van der Waals surface area (Å²) in [7, 11) is 0. The molecule has 4 heterocycles. The molecule has 7 nitrogen and oxygen atoms in total. The summed E-state index contributed by atoms with van der Waals surface area (Å²) in [5.41, 5.74) is 1.25. The average Bonchev–Trinajstić information content (AvgIpc) is 3.19. The van der Waals surface area contributed by atoms with Crippen LogP contribution in [0.5, 0.6) is 0 Å². The lowest BCUT2D eigenvalue weighted by molar-refractivity contribution is 0.0932. The topological polar surface area (TPSA) is 75.9 Å². The van der Waals surface area contributed by atoms with Gasteiger partial charge in [0.2, 0.25) is 5.82 Å². The minimum Gasteiger partial charge on any atom is -0.347 e. The number of rotatable bonds is 4. The van der Waals surface area contributed by atoms with Gasteiger partial charge in [-0.2, -0.15) is 0 Å². The van der Waals surface area contributed by atoms with E-state index < -0.39 is 0 Å². The highest BCUT2D eigenvalue weighted by atomic mass is 16.2. The van der Waals surface area contributed by atoms with Crippen LogP contribution in [0.4, 0.5) is 0 Å². The molecule has 2 aromatic heterocycles. The Labute approximate surface area is 146 Å². The van der Waals surface area contributed by atoms with Crippen LogP contribution in [0, 0.1) is 11.8 Å². The molecule has 2 aromatic rings. The predicted molar refractivity (Wildman–Crippen MR) is 90.7 cm³/mol. The SMILES string of the molecule is O=C(NC1CC1)c1nnc2n1C[C@H]1CN(Cc3cccnc3)C[C@H]1C2. The number of pyridine rings is 1. The zero-order valence-electron chi connectivity index (χ0n) is 14.1. The number of aromatic nitrogens is 4. The number of carbonyl (C=O) groups is 1. The molecule has 2 aliphatic heterocycles. The summed E-state index contributed by atoms with van der Waals surface area (Å²) in [5.74, 6) is 2.56. The molecule has 2 atom stereocenters. The van der Waals surface area contributed by atoms with E-state index in [9.17, 15) is 4.79 Å². The lowest BCUT2D eigenvalue weighted by Gasteiger charge is -2.25. The second-order valence-electron chi connectivity index (χ2n) is 7.58. The highest BCUT2D eigenvalue weighted by molar-refractivity contribution is 5.91. The molecule has 3 aliphatic rings. The third-order valence-corrected chi connectivity index (χ3v) is 5.59. The molecule has 0 aromatic carbocycles. The number of nitrogens with zero attached hydrogens (tertiary/aromatic N) is 5. The molecule has 0 radical (unpaired) electrons. The zero-order valence-corrected chi connectivity index (χ0v) is 14.1. The number of hydrogen-bond donors (Lipinski definition) is 1. The van der Waals surface area contributed by atoms with Crippen LogP contribution in [-0.4, -0.2) is 49.7 Å². The molecule has 1 saturated heterocycles. The van der Waals surface area contributed by atoms with Crippen molar-refractivity contribution in [2.45, 2.75) is 38.4 Å². The Bertz CT molecular complexity index is 784. The van der Waals surface area contributed by atoms with Gasteiger partial charge in [-0.1, -0.05) is 6.07 Å². The van der Waals surface area contributed by atoms with Crippen LogP contribution in [0.15, 0.2) is 24.5 Å². The largest absolute Gasteiger partial charge is 0.347 e. The third kappa shape index (κ3) is 2.93. The van der Waals surface area contributed by atoms with E-state index in [4.69, 9.17) is 0 Å². The predicted octanol–water partition coefficient (Wildman–Crippen LogP) is 0.870. The second kappa shape index (κ2) is 5.91. The summed E-state index contributed by atoms with van der Waals surface area (Å²) in [6, 6.07) is 4.47. The zero-order chi connectivity index (χ0) is 16.8. The molecule has 2 fully saturated rings. The fourth-order valence-electron chi connectivity index (χ4n) is 4.15. The van der Waals surface area contributed by atoms with Crippen molar-refractivity contribution in [1.29, 1.82) is 0 Å². The van der Waals surface area contributed by atoms with E-state index in [0.717, 1.165) is 51.3 Å². The van der Waals surface area contributed by atoms with Gasteiger partial charge in [-0.15, -0.1) is 10.2 Å². The number of likely N-dealkylation sites (tertiary alicyclic amines) is 1. The molecule has 5 rings (SSSR count). The second-order valence-corrected chi connectivity index (χ2v) is 7.58. The quantitative estimate of drug-likeness (QED) is 0.895. The maximum Gasteiger partial charge on any atom is 0.289 e. The fraction of sp³-hybridized carbons (Fsp3) is 0.556. The van der Waals surface area contributed by atoms with Crippen molar-refractivity contribution >= 4 is 5.91 Å².